The molecule has 9 heteroatoms. The van der Waals surface area contributed by atoms with Crippen LogP contribution in [-0.4, -0.2) is 40.6 Å². The van der Waals surface area contributed by atoms with Crippen molar-refractivity contribution in [3.8, 4) is 0 Å². The summed E-state index contributed by atoms with van der Waals surface area (Å²) in [5.41, 5.74) is 5.57. The van der Waals surface area contributed by atoms with E-state index in [2.05, 4.69) is 10.6 Å². The van der Waals surface area contributed by atoms with Crippen molar-refractivity contribution in [3.05, 3.63) is 71.5 Å². The third-order valence-electron chi connectivity index (χ3n) is 6.16. The van der Waals surface area contributed by atoms with Crippen LogP contribution >= 0.6 is 0 Å². The number of alkyl carbamates (subject to hydrolysis) is 1. The molecule has 0 unspecified atom stereocenters. The van der Waals surface area contributed by atoms with Crippen LogP contribution in [0.4, 0.5) is 14.0 Å². The predicted octanol–water partition coefficient (Wildman–Crippen LogP) is 2.42. The number of amides is 4. The number of rotatable bonds is 8. The molecule has 4 amide bonds. The van der Waals surface area contributed by atoms with Gasteiger partial charge in [-0.25, -0.2) is 14.0 Å². The third kappa shape index (κ3) is 4.37. The molecule has 0 radical (unpaired) electrons. The number of ether oxygens (including phenoxy) is 1. The minimum absolute atomic E-state index is 0.156. The van der Waals surface area contributed by atoms with E-state index in [1.807, 2.05) is 30.3 Å². The lowest BCUT2D eigenvalue weighted by Gasteiger charge is -2.73. The first-order valence-electron chi connectivity index (χ1n) is 10.4. The highest BCUT2D eigenvalue weighted by molar-refractivity contribution is 5.84. The van der Waals surface area contributed by atoms with Gasteiger partial charge in [0, 0.05) is 12.1 Å². The molecule has 3 aliphatic rings. The molecule has 168 valence electrons. The summed E-state index contributed by atoms with van der Waals surface area (Å²) in [4.78, 5) is 37.9. The molecular weight excluding hydrogens is 415 g/mol. The van der Waals surface area contributed by atoms with Crippen LogP contribution in [0.5, 0.6) is 0 Å². The van der Waals surface area contributed by atoms with Crippen molar-refractivity contribution < 1.29 is 23.5 Å². The van der Waals surface area contributed by atoms with Crippen LogP contribution in [0.25, 0.3) is 0 Å². The Balaban J connectivity index is 1.35. The fraction of sp³-hybridized carbons (Fsp3) is 0.348. The highest BCUT2D eigenvalue weighted by Crippen LogP contribution is 2.63. The van der Waals surface area contributed by atoms with Gasteiger partial charge in [0.15, 0.2) is 0 Å². The Morgan fingerprint density at radius 3 is 2.34 bits per heavy atom. The molecule has 0 aromatic heterocycles. The molecule has 0 saturated heterocycles. The molecule has 4 N–H and O–H groups in total. The lowest BCUT2D eigenvalue weighted by molar-refractivity contribution is -0.189. The summed E-state index contributed by atoms with van der Waals surface area (Å²) >= 11 is 0. The fourth-order valence-electron chi connectivity index (χ4n) is 4.71. The van der Waals surface area contributed by atoms with E-state index in [1.165, 1.54) is 6.07 Å². The molecule has 0 aliphatic heterocycles. The Bertz CT molecular complexity index is 1010. The Morgan fingerprint density at radius 1 is 1.03 bits per heavy atom. The zero-order valence-electron chi connectivity index (χ0n) is 17.5. The highest BCUT2D eigenvalue weighted by Gasteiger charge is 2.72. The number of carbonyl (C=O) groups excluding carboxylic acids is 3. The predicted molar refractivity (Wildman–Crippen MR) is 114 cm³/mol. The fourth-order valence-corrected chi connectivity index (χ4v) is 4.71. The van der Waals surface area contributed by atoms with Gasteiger partial charge in [-0.1, -0.05) is 48.5 Å². The van der Waals surface area contributed by atoms with E-state index in [0.29, 0.717) is 31.4 Å². The number of hydrogen-bond acceptors (Lipinski definition) is 4. The molecule has 2 aromatic carbocycles. The van der Waals surface area contributed by atoms with E-state index < -0.39 is 23.5 Å². The van der Waals surface area contributed by atoms with E-state index in [0.717, 1.165) is 5.56 Å². The van der Waals surface area contributed by atoms with Crippen molar-refractivity contribution >= 4 is 18.0 Å². The molecule has 3 fully saturated rings. The van der Waals surface area contributed by atoms with Gasteiger partial charge in [-0.3, -0.25) is 4.79 Å². The SMILES string of the molecule is NC(=O)NCC(=O)N(Cc1ccccc1)C12CC(NC(=O)OCc3ccccc3F)(C1)C2. The molecule has 0 spiro atoms. The van der Waals surface area contributed by atoms with Crippen LogP contribution in [0.15, 0.2) is 54.6 Å². The topological polar surface area (TPSA) is 114 Å². The van der Waals surface area contributed by atoms with Crippen LogP contribution < -0.4 is 16.4 Å². The maximum Gasteiger partial charge on any atom is 0.407 e. The normalized spacial score (nSPS) is 22.7. The summed E-state index contributed by atoms with van der Waals surface area (Å²) in [5.74, 6) is -0.660. The van der Waals surface area contributed by atoms with Gasteiger partial charge in [0.2, 0.25) is 5.91 Å². The first-order chi connectivity index (χ1) is 15.3. The summed E-state index contributed by atoms with van der Waals surface area (Å²) in [5, 5.41) is 5.22. The van der Waals surface area contributed by atoms with Gasteiger partial charge in [0.25, 0.3) is 0 Å². The van der Waals surface area contributed by atoms with E-state index in [-0.39, 0.29) is 24.6 Å². The van der Waals surface area contributed by atoms with Gasteiger partial charge in [-0.2, -0.15) is 0 Å². The molecule has 2 bridgehead atoms. The molecule has 0 heterocycles. The number of primary amides is 1. The van der Waals surface area contributed by atoms with E-state index in [9.17, 15) is 18.8 Å². The van der Waals surface area contributed by atoms with Crippen molar-refractivity contribution in [1.29, 1.82) is 0 Å². The quantitative estimate of drug-likeness (QED) is 0.585. The second-order valence-corrected chi connectivity index (χ2v) is 8.51. The minimum atomic E-state index is -0.758. The number of halogens is 1. The van der Waals surface area contributed by atoms with Gasteiger partial charge >= 0.3 is 12.1 Å². The van der Waals surface area contributed by atoms with E-state index in [1.54, 1.807) is 23.1 Å². The Kier molecular flexibility index (Phi) is 5.73. The lowest BCUT2D eigenvalue weighted by Crippen LogP contribution is -2.84. The van der Waals surface area contributed by atoms with Gasteiger partial charge in [-0.05, 0) is 30.9 Å². The summed E-state index contributed by atoms with van der Waals surface area (Å²) in [6.45, 7) is 0.0556. The molecule has 3 aliphatic carbocycles. The second kappa shape index (κ2) is 8.49. The highest BCUT2D eigenvalue weighted by atomic mass is 19.1. The van der Waals surface area contributed by atoms with Crippen LogP contribution in [0.1, 0.15) is 30.4 Å². The standard InChI is InChI=1S/C23H25FN4O4/c24-18-9-5-4-8-17(18)12-32-21(31)27-22-13-23(14-22,15-22)28(19(29)10-26-20(25)30)11-16-6-2-1-3-7-16/h1-9H,10-15H2,(H,27,31)(H3,25,26,30). The van der Waals surface area contributed by atoms with Crippen molar-refractivity contribution in [3.63, 3.8) is 0 Å². The smallest absolute Gasteiger partial charge is 0.407 e. The maximum atomic E-state index is 13.7. The summed E-state index contributed by atoms with van der Waals surface area (Å²) < 4.78 is 18.9. The third-order valence-corrected chi connectivity index (χ3v) is 6.16. The number of nitrogens with one attached hydrogen (secondary N) is 2. The first kappa shape index (κ1) is 21.6. The average molecular weight is 440 g/mol. The summed E-state index contributed by atoms with van der Waals surface area (Å²) in [7, 11) is 0. The van der Waals surface area contributed by atoms with Crippen molar-refractivity contribution in [1.82, 2.24) is 15.5 Å². The number of benzene rings is 2. The van der Waals surface area contributed by atoms with Gasteiger partial charge in [-0.15, -0.1) is 0 Å². The maximum absolute atomic E-state index is 13.7. The number of hydrogen-bond donors (Lipinski definition) is 3. The van der Waals surface area contributed by atoms with Gasteiger partial charge < -0.3 is 26.0 Å². The zero-order valence-corrected chi connectivity index (χ0v) is 17.5. The molecule has 32 heavy (non-hydrogen) atoms. The number of carbonyl (C=O) groups is 3. The van der Waals surface area contributed by atoms with Crippen molar-refractivity contribution in [2.75, 3.05) is 6.54 Å². The van der Waals surface area contributed by atoms with Gasteiger partial charge in [0.1, 0.15) is 12.4 Å². The largest absolute Gasteiger partial charge is 0.445 e. The van der Waals surface area contributed by atoms with Crippen molar-refractivity contribution in [2.24, 2.45) is 5.73 Å². The molecule has 2 aromatic rings. The van der Waals surface area contributed by atoms with Crippen LogP contribution in [0.2, 0.25) is 0 Å². The molecule has 0 atom stereocenters. The Labute approximate surface area is 184 Å². The second-order valence-electron chi connectivity index (χ2n) is 8.51. The Hall–Kier alpha value is -3.62. The minimum Gasteiger partial charge on any atom is -0.445 e. The first-order valence-corrected chi connectivity index (χ1v) is 10.4. The number of nitrogens with zero attached hydrogens (tertiary/aromatic N) is 1. The molecule has 8 nitrogen and oxygen atoms in total. The van der Waals surface area contributed by atoms with Gasteiger partial charge in [0.05, 0.1) is 17.6 Å². The molecular formula is C23H25FN4O4. The molecule has 5 rings (SSSR count). The summed E-state index contributed by atoms with van der Waals surface area (Å²) in [6.07, 6.45) is 1.15. The van der Waals surface area contributed by atoms with E-state index in [4.69, 9.17) is 10.5 Å². The van der Waals surface area contributed by atoms with Crippen LogP contribution in [-0.2, 0) is 22.7 Å². The van der Waals surface area contributed by atoms with Crippen LogP contribution in [0.3, 0.4) is 0 Å². The number of urea groups is 1. The molecule has 3 saturated carbocycles. The number of nitrogens with two attached hydrogens (primary N) is 1. The lowest BCUT2D eigenvalue weighted by atomic mass is 9.43. The Morgan fingerprint density at radius 2 is 1.69 bits per heavy atom. The van der Waals surface area contributed by atoms with Crippen LogP contribution in [0, 0.1) is 5.82 Å². The zero-order chi connectivity index (χ0) is 22.8. The monoisotopic (exact) mass is 440 g/mol. The summed E-state index contributed by atoms with van der Waals surface area (Å²) in [6, 6.07) is 14.9. The average Bonchev–Trinajstić information content (AvgIpc) is 2.72. The van der Waals surface area contributed by atoms with E-state index >= 15 is 0 Å². The van der Waals surface area contributed by atoms with Crippen molar-refractivity contribution in [2.45, 2.75) is 43.5 Å².